The predicted molar refractivity (Wildman–Crippen MR) is 82.1 cm³/mol. The number of carbonyl (C=O) groups is 1. The fourth-order valence-electron chi connectivity index (χ4n) is 1.85. The third-order valence-corrected chi connectivity index (χ3v) is 3.92. The van der Waals surface area contributed by atoms with Crippen LogP contribution < -0.4 is 0 Å². The Morgan fingerprint density at radius 3 is 2.53 bits per heavy atom. The molecule has 19 heavy (non-hydrogen) atoms. The number of carbonyl (C=O) groups excluding carboxylic acids is 1. The molecule has 1 aliphatic rings. The molecule has 1 saturated heterocycles. The van der Waals surface area contributed by atoms with Gasteiger partial charge in [0, 0.05) is 13.1 Å². The Labute approximate surface area is 118 Å². The van der Waals surface area contributed by atoms with Crippen LogP contribution >= 0.6 is 11.8 Å². The van der Waals surface area contributed by atoms with Crippen molar-refractivity contribution in [3.8, 4) is 0 Å². The molecule has 100 valence electrons. The molecule has 0 aromatic heterocycles. The van der Waals surface area contributed by atoms with E-state index >= 15 is 0 Å². The summed E-state index contributed by atoms with van der Waals surface area (Å²) in [5, 5.41) is 0.813. The second-order valence-corrected chi connectivity index (χ2v) is 5.34. The molecule has 1 heterocycles. The lowest BCUT2D eigenvalue weighted by atomic mass is 10.1. The van der Waals surface area contributed by atoms with E-state index in [0.717, 1.165) is 15.6 Å². The summed E-state index contributed by atoms with van der Waals surface area (Å²) in [6, 6.07) is 8.16. The molecule has 1 fully saturated rings. The van der Waals surface area contributed by atoms with E-state index in [0.29, 0.717) is 13.1 Å². The van der Waals surface area contributed by atoms with Gasteiger partial charge in [0.1, 0.15) is 0 Å². The zero-order valence-electron chi connectivity index (χ0n) is 11.5. The highest BCUT2D eigenvalue weighted by Gasteiger charge is 2.31. The molecule has 0 unspecified atom stereocenters. The first-order valence-corrected chi connectivity index (χ1v) is 7.30. The molecular formula is C15H18N2OS. The first kappa shape index (κ1) is 13.9. The van der Waals surface area contributed by atoms with Crippen LogP contribution in [-0.4, -0.2) is 29.1 Å². The van der Waals surface area contributed by atoms with E-state index in [1.165, 1.54) is 17.3 Å². The molecule has 1 aromatic carbocycles. The Morgan fingerprint density at radius 1 is 1.26 bits per heavy atom. The summed E-state index contributed by atoms with van der Waals surface area (Å²) in [5.74, 6) is 0.0558. The Kier molecular flexibility index (Phi) is 4.43. The van der Waals surface area contributed by atoms with Crippen molar-refractivity contribution < 1.29 is 4.79 Å². The molecule has 1 aliphatic heterocycles. The molecule has 1 amide bonds. The van der Waals surface area contributed by atoms with Gasteiger partial charge in [0.05, 0.1) is 4.91 Å². The van der Waals surface area contributed by atoms with E-state index in [-0.39, 0.29) is 5.91 Å². The molecule has 0 aliphatic carbocycles. The summed E-state index contributed by atoms with van der Waals surface area (Å²) in [4.78, 5) is 19.1. The molecule has 0 N–H and O–H groups in total. The van der Waals surface area contributed by atoms with Crippen molar-refractivity contribution in [3.63, 3.8) is 0 Å². The van der Waals surface area contributed by atoms with E-state index in [1.54, 1.807) is 4.90 Å². The number of rotatable bonds is 3. The van der Waals surface area contributed by atoms with Crippen LogP contribution in [0.1, 0.15) is 25.0 Å². The van der Waals surface area contributed by atoms with Gasteiger partial charge in [-0.3, -0.25) is 14.7 Å². The second-order valence-electron chi connectivity index (χ2n) is 4.33. The number of nitrogens with zero attached hydrogens (tertiary/aromatic N) is 2. The lowest BCUT2D eigenvalue weighted by Gasteiger charge is -2.11. The van der Waals surface area contributed by atoms with Gasteiger partial charge in [0.25, 0.3) is 5.91 Å². The van der Waals surface area contributed by atoms with Crippen LogP contribution in [0.3, 0.4) is 0 Å². The lowest BCUT2D eigenvalue weighted by molar-refractivity contribution is -0.122. The van der Waals surface area contributed by atoms with Gasteiger partial charge in [0.2, 0.25) is 0 Å². The molecular weight excluding hydrogens is 256 g/mol. The van der Waals surface area contributed by atoms with Crippen molar-refractivity contribution in [2.75, 3.05) is 13.1 Å². The standard InChI is InChI=1S/C15H18N2OS/c1-4-16-15-17(5-2)14(18)13(19-15)10-12-8-6-11(3)7-9-12/h6-10H,4-5H2,1-3H3. The largest absolute Gasteiger partial charge is 0.287 e. The van der Waals surface area contributed by atoms with Gasteiger partial charge in [-0.05, 0) is 44.2 Å². The molecule has 0 bridgehead atoms. The van der Waals surface area contributed by atoms with Crippen LogP contribution in [-0.2, 0) is 4.79 Å². The molecule has 0 saturated carbocycles. The number of amides is 1. The second kappa shape index (κ2) is 6.06. The average Bonchev–Trinajstić information content (AvgIpc) is 2.69. The molecule has 3 nitrogen and oxygen atoms in total. The molecule has 0 radical (unpaired) electrons. The topological polar surface area (TPSA) is 32.7 Å². The van der Waals surface area contributed by atoms with Gasteiger partial charge in [-0.1, -0.05) is 29.8 Å². The maximum Gasteiger partial charge on any atom is 0.266 e. The summed E-state index contributed by atoms with van der Waals surface area (Å²) >= 11 is 1.46. The van der Waals surface area contributed by atoms with Gasteiger partial charge < -0.3 is 0 Å². The van der Waals surface area contributed by atoms with Crippen molar-refractivity contribution in [2.45, 2.75) is 20.8 Å². The molecule has 2 rings (SSSR count). The van der Waals surface area contributed by atoms with Gasteiger partial charge in [-0.25, -0.2) is 0 Å². The minimum atomic E-state index is 0.0558. The van der Waals surface area contributed by atoms with Gasteiger partial charge in [-0.2, -0.15) is 0 Å². The Morgan fingerprint density at radius 2 is 1.95 bits per heavy atom. The minimum Gasteiger partial charge on any atom is -0.287 e. The quantitative estimate of drug-likeness (QED) is 0.792. The van der Waals surface area contributed by atoms with E-state index < -0.39 is 0 Å². The highest BCUT2D eigenvalue weighted by atomic mass is 32.2. The monoisotopic (exact) mass is 274 g/mol. The fraction of sp³-hybridized carbons (Fsp3) is 0.333. The number of benzene rings is 1. The van der Waals surface area contributed by atoms with Crippen molar-refractivity contribution in [3.05, 3.63) is 40.3 Å². The number of hydrogen-bond donors (Lipinski definition) is 0. The van der Waals surface area contributed by atoms with E-state index in [4.69, 9.17) is 0 Å². The normalized spacial score (nSPS) is 19.7. The van der Waals surface area contributed by atoms with Gasteiger partial charge >= 0.3 is 0 Å². The number of thioether (sulfide) groups is 1. The van der Waals surface area contributed by atoms with Crippen molar-refractivity contribution >= 4 is 28.9 Å². The Hall–Kier alpha value is -1.55. The number of likely N-dealkylation sites (N-methyl/N-ethyl adjacent to an activating group) is 1. The molecule has 0 atom stereocenters. The SMILES string of the molecule is CCN=C1SC(=Cc2ccc(C)cc2)C(=O)N1CC. The van der Waals surface area contributed by atoms with E-state index in [9.17, 15) is 4.79 Å². The molecule has 0 spiro atoms. The van der Waals surface area contributed by atoms with Gasteiger partial charge in [0.15, 0.2) is 5.17 Å². The van der Waals surface area contributed by atoms with Crippen molar-refractivity contribution in [1.82, 2.24) is 4.90 Å². The number of hydrogen-bond acceptors (Lipinski definition) is 3. The zero-order chi connectivity index (χ0) is 13.8. The fourth-order valence-corrected chi connectivity index (χ4v) is 2.96. The number of amidine groups is 1. The third-order valence-electron chi connectivity index (χ3n) is 2.87. The maximum absolute atomic E-state index is 12.2. The Bertz CT molecular complexity index is 532. The van der Waals surface area contributed by atoms with Crippen LogP contribution in [0.5, 0.6) is 0 Å². The van der Waals surface area contributed by atoms with Crippen LogP contribution in [0.15, 0.2) is 34.2 Å². The highest BCUT2D eigenvalue weighted by molar-refractivity contribution is 8.18. The minimum absolute atomic E-state index is 0.0558. The predicted octanol–water partition coefficient (Wildman–Crippen LogP) is 3.31. The Balaban J connectivity index is 2.28. The summed E-state index contributed by atoms with van der Waals surface area (Å²) < 4.78 is 0. The summed E-state index contributed by atoms with van der Waals surface area (Å²) in [6.45, 7) is 7.36. The maximum atomic E-state index is 12.2. The highest BCUT2D eigenvalue weighted by Crippen LogP contribution is 2.32. The van der Waals surface area contributed by atoms with Crippen LogP contribution in [0.2, 0.25) is 0 Å². The molecule has 1 aromatic rings. The summed E-state index contributed by atoms with van der Waals surface area (Å²) in [6.07, 6.45) is 1.94. The average molecular weight is 274 g/mol. The number of aryl methyl sites for hydroxylation is 1. The number of aliphatic imine (C=N–C) groups is 1. The van der Waals surface area contributed by atoms with Crippen LogP contribution in [0.4, 0.5) is 0 Å². The first-order valence-electron chi connectivity index (χ1n) is 6.48. The van der Waals surface area contributed by atoms with E-state index in [2.05, 4.69) is 24.0 Å². The van der Waals surface area contributed by atoms with Gasteiger partial charge in [-0.15, -0.1) is 0 Å². The first-order chi connectivity index (χ1) is 9.15. The lowest BCUT2D eigenvalue weighted by Crippen LogP contribution is -2.28. The smallest absolute Gasteiger partial charge is 0.266 e. The van der Waals surface area contributed by atoms with Crippen LogP contribution in [0.25, 0.3) is 6.08 Å². The summed E-state index contributed by atoms with van der Waals surface area (Å²) in [7, 11) is 0. The van der Waals surface area contributed by atoms with E-state index in [1.807, 2.05) is 32.1 Å². The molecule has 4 heteroatoms. The van der Waals surface area contributed by atoms with Crippen molar-refractivity contribution in [1.29, 1.82) is 0 Å². The zero-order valence-corrected chi connectivity index (χ0v) is 12.3. The third kappa shape index (κ3) is 3.07. The van der Waals surface area contributed by atoms with Crippen molar-refractivity contribution in [2.24, 2.45) is 4.99 Å². The van der Waals surface area contributed by atoms with Crippen LogP contribution in [0, 0.1) is 6.92 Å². The summed E-state index contributed by atoms with van der Waals surface area (Å²) in [5.41, 5.74) is 2.27.